The van der Waals surface area contributed by atoms with Gasteiger partial charge >= 0.3 is 0 Å². The van der Waals surface area contributed by atoms with Crippen LogP contribution in [0.1, 0.15) is 27.9 Å². The fraction of sp³-hybridized carbons (Fsp3) is 0.217. The van der Waals surface area contributed by atoms with Crippen LogP contribution < -0.4 is 9.64 Å². The van der Waals surface area contributed by atoms with Gasteiger partial charge in [0.05, 0.1) is 29.8 Å². The number of ether oxygens (including phenoxy) is 1. The molecule has 1 amide bonds. The van der Waals surface area contributed by atoms with Crippen molar-refractivity contribution in [2.24, 2.45) is 0 Å². The number of aryl methyl sites for hydroxylation is 2. The molecule has 0 spiro atoms. The fourth-order valence-electron chi connectivity index (χ4n) is 3.34. The number of carbonyl (C=O) groups excluding carboxylic acids is 1. The molecule has 0 unspecified atom stereocenters. The van der Waals surface area contributed by atoms with Crippen LogP contribution in [0.3, 0.4) is 0 Å². The normalized spacial score (nSPS) is 10.7. The van der Waals surface area contributed by atoms with Crippen molar-refractivity contribution in [3.05, 3.63) is 71.8 Å². The Bertz CT molecular complexity index is 1240. The summed E-state index contributed by atoms with van der Waals surface area (Å²) < 4.78 is 8.46. The van der Waals surface area contributed by atoms with Crippen molar-refractivity contribution < 1.29 is 9.53 Å². The first-order valence-corrected chi connectivity index (χ1v) is 10.6. The molecule has 0 aliphatic carbocycles. The smallest absolute Gasteiger partial charge is 0.260 e. The van der Waals surface area contributed by atoms with Crippen molar-refractivity contribution >= 4 is 32.6 Å². The summed E-state index contributed by atoms with van der Waals surface area (Å²) >= 11 is 1.48. The molecule has 2 heterocycles. The Balaban J connectivity index is 1.68. The predicted octanol–water partition coefficient (Wildman–Crippen LogP) is 4.42. The number of rotatable bonds is 7. The van der Waals surface area contributed by atoms with Gasteiger partial charge in [0, 0.05) is 31.0 Å². The summed E-state index contributed by atoms with van der Waals surface area (Å²) in [4.78, 5) is 24.0. The molecule has 0 bridgehead atoms. The molecule has 7 nitrogen and oxygen atoms in total. The molecule has 4 rings (SSSR count). The Morgan fingerprint density at radius 1 is 1.26 bits per heavy atom. The lowest BCUT2D eigenvalue weighted by Gasteiger charge is -2.20. The molecule has 0 aliphatic heterocycles. The van der Waals surface area contributed by atoms with Gasteiger partial charge in [-0.3, -0.25) is 9.69 Å². The molecule has 0 saturated carbocycles. The van der Waals surface area contributed by atoms with Crippen molar-refractivity contribution in [1.82, 2.24) is 14.5 Å². The summed E-state index contributed by atoms with van der Waals surface area (Å²) in [5, 5.41) is 9.67. The Kier molecular flexibility index (Phi) is 5.96. The third-order valence-electron chi connectivity index (χ3n) is 5.01. The average Bonchev–Trinajstić information content (AvgIpc) is 3.47. The van der Waals surface area contributed by atoms with Crippen LogP contribution in [0, 0.1) is 18.3 Å². The Labute approximate surface area is 184 Å². The number of amides is 1. The SMILES string of the molecule is COc1ccc(C)c2sc(N(CCCn3ccnc3)C(=O)c3ccc(C#N)cc3)nc12. The molecule has 0 N–H and O–H groups in total. The van der Waals surface area contributed by atoms with Gasteiger partial charge in [0.1, 0.15) is 11.3 Å². The number of imidazole rings is 1. The zero-order valence-electron chi connectivity index (χ0n) is 17.3. The first kappa shape index (κ1) is 20.6. The third kappa shape index (κ3) is 4.27. The number of methoxy groups -OCH3 is 1. The van der Waals surface area contributed by atoms with Crippen LogP contribution in [0.5, 0.6) is 5.75 Å². The van der Waals surface area contributed by atoms with Gasteiger partial charge in [0.15, 0.2) is 5.13 Å². The maximum Gasteiger partial charge on any atom is 0.260 e. The highest BCUT2D eigenvalue weighted by Crippen LogP contribution is 2.37. The lowest BCUT2D eigenvalue weighted by molar-refractivity contribution is 0.0986. The Hall–Kier alpha value is -3.70. The summed E-state index contributed by atoms with van der Waals surface area (Å²) in [6.45, 7) is 3.26. The molecule has 4 aromatic rings. The lowest BCUT2D eigenvalue weighted by atomic mass is 10.1. The van der Waals surface area contributed by atoms with Crippen molar-refractivity contribution in [1.29, 1.82) is 5.26 Å². The summed E-state index contributed by atoms with van der Waals surface area (Å²) in [7, 11) is 1.62. The average molecular weight is 432 g/mol. The highest BCUT2D eigenvalue weighted by molar-refractivity contribution is 7.22. The van der Waals surface area contributed by atoms with E-state index in [1.165, 1.54) is 11.3 Å². The number of thiazole rings is 1. The summed E-state index contributed by atoms with van der Waals surface area (Å²) in [6.07, 6.45) is 6.14. The molecular weight excluding hydrogens is 410 g/mol. The number of hydrogen-bond acceptors (Lipinski definition) is 6. The number of nitriles is 1. The van der Waals surface area contributed by atoms with Gasteiger partial charge in [-0.25, -0.2) is 9.97 Å². The molecule has 156 valence electrons. The highest BCUT2D eigenvalue weighted by Gasteiger charge is 2.22. The van der Waals surface area contributed by atoms with E-state index in [9.17, 15) is 4.79 Å². The Morgan fingerprint density at radius 2 is 2.06 bits per heavy atom. The second kappa shape index (κ2) is 8.98. The first-order chi connectivity index (χ1) is 15.1. The molecule has 0 fully saturated rings. The van der Waals surface area contributed by atoms with Crippen molar-refractivity contribution in [2.75, 3.05) is 18.6 Å². The van der Waals surface area contributed by atoms with E-state index in [1.54, 1.807) is 48.8 Å². The number of fused-ring (bicyclic) bond motifs is 1. The van der Waals surface area contributed by atoms with Gasteiger partial charge < -0.3 is 9.30 Å². The second-order valence-electron chi connectivity index (χ2n) is 7.06. The van der Waals surface area contributed by atoms with E-state index in [-0.39, 0.29) is 5.91 Å². The molecule has 0 radical (unpaired) electrons. The van der Waals surface area contributed by atoms with Gasteiger partial charge in [-0.05, 0) is 49.2 Å². The number of hydrogen-bond donors (Lipinski definition) is 0. The van der Waals surface area contributed by atoms with E-state index in [1.807, 2.05) is 29.8 Å². The maximum absolute atomic E-state index is 13.4. The minimum atomic E-state index is -0.147. The summed E-state index contributed by atoms with van der Waals surface area (Å²) in [5.74, 6) is 0.540. The molecule has 31 heavy (non-hydrogen) atoms. The molecule has 0 saturated heterocycles. The van der Waals surface area contributed by atoms with Crippen LogP contribution in [-0.2, 0) is 6.54 Å². The van der Waals surface area contributed by atoms with Gasteiger partial charge in [-0.2, -0.15) is 5.26 Å². The number of aromatic nitrogens is 3. The number of nitrogens with zero attached hydrogens (tertiary/aromatic N) is 5. The van der Waals surface area contributed by atoms with Crippen molar-refractivity contribution in [2.45, 2.75) is 19.9 Å². The van der Waals surface area contributed by atoms with E-state index < -0.39 is 0 Å². The first-order valence-electron chi connectivity index (χ1n) is 9.82. The van der Waals surface area contributed by atoms with Gasteiger partial charge in [-0.15, -0.1) is 0 Å². The second-order valence-corrected chi connectivity index (χ2v) is 8.04. The zero-order valence-corrected chi connectivity index (χ0v) is 18.1. The maximum atomic E-state index is 13.4. The van der Waals surface area contributed by atoms with Crippen molar-refractivity contribution in [3.63, 3.8) is 0 Å². The Morgan fingerprint density at radius 3 is 2.74 bits per heavy atom. The largest absolute Gasteiger partial charge is 0.494 e. The minimum absolute atomic E-state index is 0.147. The molecule has 2 aromatic carbocycles. The van der Waals surface area contributed by atoms with Crippen LogP contribution in [0.4, 0.5) is 5.13 Å². The lowest BCUT2D eigenvalue weighted by Crippen LogP contribution is -2.32. The van der Waals surface area contributed by atoms with Crippen LogP contribution in [-0.4, -0.2) is 34.1 Å². The van der Waals surface area contributed by atoms with Crippen LogP contribution in [0.15, 0.2) is 55.1 Å². The fourth-order valence-corrected chi connectivity index (χ4v) is 4.41. The van der Waals surface area contributed by atoms with Gasteiger partial charge in [0.2, 0.25) is 0 Å². The molecule has 0 aliphatic rings. The molecule has 2 aromatic heterocycles. The number of benzene rings is 2. The summed E-state index contributed by atoms with van der Waals surface area (Å²) in [6, 6.07) is 12.7. The highest BCUT2D eigenvalue weighted by atomic mass is 32.1. The van der Waals surface area contributed by atoms with E-state index in [0.29, 0.717) is 28.6 Å². The van der Waals surface area contributed by atoms with Gasteiger partial charge in [-0.1, -0.05) is 17.4 Å². The van der Waals surface area contributed by atoms with Gasteiger partial charge in [0.25, 0.3) is 5.91 Å². The molecule has 8 heteroatoms. The van der Waals surface area contributed by atoms with E-state index in [2.05, 4.69) is 11.1 Å². The predicted molar refractivity (Wildman–Crippen MR) is 121 cm³/mol. The quantitative estimate of drug-likeness (QED) is 0.432. The minimum Gasteiger partial charge on any atom is -0.494 e. The van der Waals surface area contributed by atoms with Crippen LogP contribution >= 0.6 is 11.3 Å². The van der Waals surface area contributed by atoms with Crippen LogP contribution in [0.2, 0.25) is 0 Å². The number of anilines is 1. The standard InChI is InChI=1S/C23H21N5O2S/c1-16-4-9-19(30-2)20-21(16)31-23(26-20)28(12-3-11-27-13-10-25-15-27)22(29)18-7-5-17(14-24)6-8-18/h4-10,13,15H,3,11-12H2,1-2H3. The monoisotopic (exact) mass is 431 g/mol. The van der Waals surface area contributed by atoms with E-state index in [4.69, 9.17) is 15.0 Å². The molecular formula is C23H21N5O2S. The summed E-state index contributed by atoms with van der Waals surface area (Å²) in [5.41, 5.74) is 2.88. The van der Waals surface area contributed by atoms with Crippen LogP contribution in [0.25, 0.3) is 10.2 Å². The van der Waals surface area contributed by atoms with E-state index in [0.717, 1.165) is 28.7 Å². The molecule has 0 atom stereocenters. The van der Waals surface area contributed by atoms with E-state index >= 15 is 0 Å². The zero-order chi connectivity index (χ0) is 21.8. The topological polar surface area (TPSA) is 84.0 Å². The third-order valence-corrected chi connectivity index (χ3v) is 6.22. The number of carbonyl (C=O) groups is 1. The van der Waals surface area contributed by atoms with Crippen molar-refractivity contribution in [3.8, 4) is 11.8 Å².